The van der Waals surface area contributed by atoms with Crippen molar-refractivity contribution in [1.82, 2.24) is 10.2 Å². The zero-order valence-corrected chi connectivity index (χ0v) is 11.4. The third-order valence-corrected chi connectivity index (χ3v) is 3.96. The first-order chi connectivity index (χ1) is 9.56. The van der Waals surface area contributed by atoms with Gasteiger partial charge in [0, 0.05) is 12.1 Å². The van der Waals surface area contributed by atoms with Gasteiger partial charge >= 0.3 is 0 Å². The van der Waals surface area contributed by atoms with Gasteiger partial charge in [-0.05, 0) is 6.07 Å². The number of nitrogens with zero attached hydrogens (tertiary/aromatic N) is 3. The van der Waals surface area contributed by atoms with Crippen molar-refractivity contribution in [3.8, 4) is 0 Å². The van der Waals surface area contributed by atoms with Crippen molar-refractivity contribution in [3.05, 3.63) is 39.6 Å². The summed E-state index contributed by atoms with van der Waals surface area (Å²) in [5, 5.41) is 20.4. The van der Waals surface area contributed by atoms with Crippen molar-refractivity contribution in [2.45, 2.75) is 4.34 Å². The van der Waals surface area contributed by atoms with Crippen molar-refractivity contribution in [2.75, 3.05) is 11.1 Å². The van der Waals surface area contributed by atoms with Crippen molar-refractivity contribution in [1.29, 1.82) is 0 Å². The molecule has 1 aromatic heterocycles. The Bertz CT molecular complexity index is 635. The lowest BCUT2D eigenvalue weighted by atomic mass is 10.2. The summed E-state index contributed by atoms with van der Waals surface area (Å²) in [6.45, 7) is 0. The predicted octanol–water partition coefficient (Wildman–Crippen LogP) is 2.32. The van der Waals surface area contributed by atoms with Gasteiger partial charge in [-0.15, -0.1) is 10.2 Å². The summed E-state index contributed by atoms with van der Waals surface area (Å²) < 4.78 is 13.7. The molecule has 1 heterocycles. The number of amides is 1. The molecule has 7 nitrogen and oxygen atoms in total. The summed E-state index contributed by atoms with van der Waals surface area (Å²) in [6.07, 6.45) is 0. The molecule has 10 heteroatoms. The van der Waals surface area contributed by atoms with Crippen molar-refractivity contribution >= 4 is 40.4 Å². The van der Waals surface area contributed by atoms with Crippen LogP contribution in [0.25, 0.3) is 0 Å². The van der Waals surface area contributed by atoms with Gasteiger partial charge in [-0.3, -0.25) is 14.9 Å². The molecule has 104 valence electrons. The highest BCUT2D eigenvalue weighted by molar-refractivity contribution is 8.01. The Hall–Kier alpha value is -2.07. The molecule has 0 fully saturated rings. The van der Waals surface area contributed by atoms with Crippen molar-refractivity contribution in [3.63, 3.8) is 0 Å². The minimum absolute atomic E-state index is 0.00284. The molecule has 2 rings (SSSR count). The number of anilines is 1. The van der Waals surface area contributed by atoms with E-state index in [1.165, 1.54) is 16.8 Å². The second-order valence-electron chi connectivity index (χ2n) is 3.46. The minimum atomic E-state index is -0.688. The highest BCUT2D eigenvalue weighted by Gasteiger charge is 2.17. The van der Waals surface area contributed by atoms with E-state index < -0.39 is 16.6 Å². The molecule has 0 saturated heterocycles. The summed E-state index contributed by atoms with van der Waals surface area (Å²) in [5.74, 6) is -1.15. The van der Waals surface area contributed by atoms with Gasteiger partial charge in [0.2, 0.25) is 5.91 Å². The number of hydrogen-bond acceptors (Lipinski definition) is 7. The highest BCUT2D eigenvalue weighted by Crippen LogP contribution is 2.25. The Kier molecular flexibility index (Phi) is 4.58. The fraction of sp³-hybridized carbons (Fsp3) is 0.100. The molecule has 1 aromatic carbocycles. The number of halogens is 1. The molecule has 0 unspecified atom stereocenters. The van der Waals surface area contributed by atoms with Gasteiger partial charge in [-0.1, -0.05) is 23.1 Å². The van der Waals surface area contributed by atoms with E-state index in [1.807, 2.05) is 0 Å². The maximum Gasteiger partial charge on any atom is 0.292 e. The van der Waals surface area contributed by atoms with Crippen LogP contribution >= 0.6 is 23.1 Å². The predicted molar refractivity (Wildman–Crippen MR) is 72.3 cm³/mol. The average molecular weight is 314 g/mol. The molecule has 2 aromatic rings. The average Bonchev–Trinajstić information content (AvgIpc) is 2.89. The number of hydrogen-bond donors (Lipinski definition) is 1. The van der Waals surface area contributed by atoms with Crippen LogP contribution in [0.15, 0.2) is 28.0 Å². The Balaban J connectivity index is 2.03. The third kappa shape index (κ3) is 3.71. The quantitative estimate of drug-likeness (QED) is 0.516. The fourth-order valence-electron chi connectivity index (χ4n) is 1.31. The lowest BCUT2D eigenvalue weighted by Gasteiger charge is -2.05. The van der Waals surface area contributed by atoms with E-state index in [1.54, 1.807) is 0 Å². The number of aromatic nitrogens is 2. The summed E-state index contributed by atoms with van der Waals surface area (Å²) in [4.78, 5) is 21.8. The standard InChI is InChI=1S/C10H7FN4O3S2/c11-6-1-2-8(15(17)18)7(3-6)13-9(16)4-19-10-14-12-5-20-10/h1-3,5H,4H2,(H,13,16). The van der Waals surface area contributed by atoms with E-state index >= 15 is 0 Å². The number of nitro benzene ring substituents is 1. The third-order valence-electron chi connectivity index (χ3n) is 2.10. The molecule has 0 spiro atoms. The van der Waals surface area contributed by atoms with Crippen LogP contribution < -0.4 is 5.32 Å². The zero-order chi connectivity index (χ0) is 14.5. The fourth-order valence-corrected chi connectivity index (χ4v) is 2.60. The maximum absolute atomic E-state index is 13.1. The van der Waals surface area contributed by atoms with Gasteiger partial charge in [0.25, 0.3) is 5.69 Å². The topological polar surface area (TPSA) is 98.0 Å². The van der Waals surface area contributed by atoms with Crippen LogP contribution in [0.1, 0.15) is 0 Å². The molecule has 1 N–H and O–H groups in total. The lowest BCUT2D eigenvalue weighted by molar-refractivity contribution is -0.384. The van der Waals surface area contributed by atoms with Crippen LogP contribution in [0.3, 0.4) is 0 Å². The normalized spacial score (nSPS) is 10.2. The Labute approximate surface area is 120 Å². The van der Waals surface area contributed by atoms with Gasteiger partial charge in [0.1, 0.15) is 17.0 Å². The number of nitrogens with one attached hydrogen (secondary N) is 1. The summed E-state index contributed by atoms with van der Waals surface area (Å²) >= 11 is 2.42. The Morgan fingerprint density at radius 3 is 3.00 bits per heavy atom. The lowest BCUT2D eigenvalue weighted by Crippen LogP contribution is -2.15. The first kappa shape index (κ1) is 14.3. The summed E-state index contributed by atoms with van der Waals surface area (Å²) in [7, 11) is 0. The van der Waals surface area contributed by atoms with E-state index in [0.29, 0.717) is 4.34 Å². The number of nitro groups is 1. The largest absolute Gasteiger partial charge is 0.320 e. The number of thioether (sulfide) groups is 1. The molecular formula is C10H7FN4O3S2. The number of benzene rings is 1. The highest BCUT2D eigenvalue weighted by atomic mass is 32.2. The minimum Gasteiger partial charge on any atom is -0.320 e. The number of carbonyl (C=O) groups is 1. The Morgan fingerprint density at radius 2 is 2.35 bits per heavy atom. The molecule has 20 heavy (non-hydrogen) atoms. The van der Waals surface area contributed by atoms with Gasteiger partial charge in [-0.2, -0.15) is 0 Å². The monoisotopic (exact) mass is 314 g/mol. The van der Waals surface area contributed by atoms with Crippen LogP contribution in [-0.2, 0) is 4.79 Å². The van der Waals surface area contributed by atoms with E-state index in [0.717, 1.165) is 30.0 Å². The molecule has 1 amide bonds. The Morgan fingerprint density at radius 1 is 1.55 bits per heavy atom. The van der Waals surface area contributed by atoms with Crippen LogP contribution in [0.2, 0.25) is 0 Å². The van der Waals surface area contributed by atoms with Gasteiger partial charge < -0.3 is 5.32 Å². The van der Waals surface area contributed by atoms with Crippen LogP contribution in [0, 0.1) is 15.9 Å². The van der Waals surface area contributed by atoms with Crippen molar-refractivity contribution in [2.24, 2.45) is 0 Å². The molecule has 0 aliphatic carbocycles. The van der Waals surface area contributed by atoms with E-state index in [-0.39, 0.29) is 17.1 Å². The maximum atomic E-state index is 13.1. The van der Waals surface area contributed by atoms with Crippen LogP contribution in [0.5, 0.6) is 0 Å². The summed E-state index contributed by atoms with van der Waals surface area (Å²) in [5.41, 5.74) is 0.996. The van der Waals surface area contributed by atoms with Crippen molar-refractivity contribution < 1.29 is 14.1 Å². The summed E-state index contributed by atoms with van der Waals surface area (Å²) in [6, 6.07) is 2.87. The van der Waals surface area contributed by atoms with Crippen LogP contribution in [-0.4, -0.2) is 26.8 Å². The number of rotatable bonds is 5. The SMILES string of the molecule is O=C(CSc1nncs1)Nc1cc(F)ccc1[N+](=O)[O-]. The first-order valence-electron chi connectivity index (χ1n) is 5.19. The molecule has 0 bridgehead atoms. The van der Waals surface area contributed by atoms with E-state index in [2.05, 4.69) is 15.5 Å². The smallest absolute Gasteiger partial charge is 0.292 e. The molecule has 0 radical (unpaired) electrons. The molecule has 0 saturated carbocycles. The van der Waals surface area contributed by atoms with E-state index in [4.69, 9.17) is 0 Å². The number of carbonyl (C=O) groups excluding carboxylic acids is 1. The van der Waals surface area contributed by atoms with E-state index in [9.17, 15) is 19.3 Å². The second-order valence-corrected chi connectivity index (χ2v) is 5.52. The molecule has 0 aliphatic heterocycles. The van der Waals surface area contributed by atoms with Gasteiger partial charge in [-0.25, -0.2) is 4.39 Å². The molecular weight excluding hydrogens is 307 g/mol. The van der Waals surface area contributed by atoms with Gasteiger partial charge in [0.05, 0.1) is 10.7 Å². The molecule has 0 aliphatic rings. The zero-order valence-electron chi connectivity index (χ0n) is 9.78. The first-order valence-corrected chi connectivity index (χ1v) is 7.05. The van der Waals surface area contributed by atoms with Crippen LogP contribution in [0.4, 0.5) is 15.8 Å². The van der Waals surface area contributed by atoms with Gasteiger partial charge in [0.15, 0.2) is 4.34 Å². The molecule has 0 atom stereocenters. The second kappa shape index (κ2) is 6.39.